The number of carbonyl (C=O) groups excluding carboxylic acids is 1. The van der Waals surface area contributed by atoms with Crippen molar-refractivity contribution in [2.45, 2.75) is 19.0 Å². The Bertz CT molecular complexity index is 681. The molecule has 1 aromatic rings. The first-order valence-corrected chi connectivity index (χ1v) is 7.09. The number of Topliss-reactive ketones (excluding diaryl/α,β-unsaturated/α-hetero) is 1. The fraction of sp³-hybridized carbons (Fsp3) is 0.294. The van der Waals surface area contributed by atoms with Crippen LogP contribution in [0, 0.1) is 5.92 Å². The molecule has 0 saturated heterocycles. The van der Waals surface area contributed by atoms with Crippen LogP contribution in [0.1, 0.15) is 28.8 Å². The minimum atomic E-state index is -4.84. The summed E-state index contributed by atoms with van der Waals surface area (Å²) in [6.07, 6.45) is 3.48. The number of fused-ring (bicyclic) bond motifs is 1. The molecular formula is C17H14F3NO. The highest BCUT2D eigenvalue weighted by atomic mass is 19.4. The van der Waals surface area contributed by atoms with Crippen LogP contribution in [0.2, 0.25) is 0 Å². The number of allylic oxidation sites excluding steroid dienone is 2. The van der Waals surface area contributed by atoms with Crippen molar-refractivity contribution >= 4 is 11.5 Å². The van der Waals surface area contributed by atoms with Crippen molar-refractivity contribution in [2.75, 3.05) is 6.54 Å². The van der Waals surface area contributed by atoms with Crippen molar-refractivity contribution < 1.29 is 18.0 Å². The highest BCUT2D eigenvalue weighted by Gasteiger charge is 2.39. The summed E-state index contributed by atoms with van der Waals surface area (Å²) < 4.78 is 37.2. The first kappa shape index (κ1) is 14.8. The summed E-state index contributed by atoms with van der Waals surface area (Å²) in [6, 6.07) is 5.46. The smallest absolute Gasteiger partial charge is 0.284 e. The van der Waals surface area contributed by atoms with E-state index in [1.807, 2.05) is 6.08 Å². The van der Waals surface area contributed by atoms with Gasteiger partial charge in [0.15, 0.2) is 0 Å². The Labute approximate surface area is 126 Å². The predicted molar refractivity (Wildman–Crippen MR) is 78.2 cm³/mol. The van der Waals surface area contributed by atoms with E-state index < -0.39 is 12.0 Å². The number of nitrogens with zero attached hydrogens (tertiary/aromatic N) is 1. The Morgan fingerprint density at radius 3 is 2.59 bits per heavy atom. The quantitative estimate of drug-likeness (QED) is 0.597. The van der Waals surface area contributed by atoms with E-state index >= 15 is 0 Å². The minimum Gasteiger partial charge on any atom is -0.284 e. The average molecular weight is 305 g/mol. The Morgan fingerprint density at radius 2 is 1.91 bits per heavy atom. The van der Waals surface area contributed by atoms with Crippen LogP contribution >= 0.6 is 0 Å². The summed E-state index contributed by atoms with van der Waals surface area (Å²) in [5, 5.41) is 0. The molecule has 0 N–H and O–H groups in total. The Balaban J connectivity index is 1.82. The molecule has 2 nitrogen and oxygen atoms in total. The molecule has 0 fully saturated rings. The van der Waals surface area contributed by atoms with Gasteiger partial charge in [-0.05, 0) is 24.5 Å². The molecule has 1 aliphatic carbocycles. The van der Waals surface area contributed by atoms with Crippen molar-refractivity contribution in [3.05, 3.63) is 59.2 Å². The van der Waals surface area contributed by atoms with Gasteiger partial charge in [0.25, 0.3) is 5.78 Å². The lowest BCUT2D eigenvalue weighted by atomic mass is 9.86. The van der Waals surface area contributed by atoms with Crippen LogP contribution in [0.15, 0.2) is 53.1 Å². The van der Waals surface area contributed by atoms with E-state index in [0.29, 0.717) is 12.5 Å². The molecule has 0 aromatic heterocycles. The minimum absolute atomic E-state index is 0.348. The Hall–Kier alpha value is -2.17. The molecule has 1 heterocycles. The highest BCUT2D eigenvalue weighted by Crippen LogP contribution is 2.28. The highest BCUT2D eigenvalue weighted by molar-refractivity contribution is 6.10. The fourth-order valence-electron chi connectivity index (χ4n) is 2.73. The summed E-state index contributed by atoms with van der Waals surface area (Å²) in [4.78, 5) is 15.7. The summed E-state index contributed by atoms with van der Waals surface area (Å²) >= 11 is 0. The first-order valence-electron chi connectivity index (χ1n) is 7.09. The number of dihydropyridines is 1. The normalized spacial score (nSPS) is 21.0. The first-order chi connectivity index (χ1) is 10.4. The second kappa shape index (κ2) is 5.55. The zero-order valence-corrected chi connectivity index (χ0v) is 11.7. The molecule has 3 rings (SSSR count). The predicted octanol–water partition coefficient (Wildman–Crippen LogP) is 4.13. The summed E-state index contributed by atoms with van der Waals surface area (Å²) in [5.41, 5.74) is 2.47. The van der Waals surface area contributed by atoms with E-state index in [9.17, 15) is 18.0 Å². The second-order valence-electron chi connectivity index (χ2n) is 5.42. The van der Waals surface area contributed by atoms with Crippen LogP contribution in [-0.2, 0) is 0 Å². The second-order valence-corrected chi connectivity index (χ2v) is 5.42. The molecule has 0 saturated carbocycles. The van der Waals surface area contributed by atoms with Gasteiger partial charge in [-0.25, -0.2) is 0 Å². The third-order valence-corrected chi connectivity index (χ3v) is 3.93. The van der Waals surface area contributed by atoms with E-state index in [-0.39, 0.29) is 5.56 Å². The summed E-state index contributed by atoms with van der Waals surface area (Å²) in [6.45, 7) is 0.668. The molecular weight excluding hydrogens is 291 g/mol. The maximum absolute atomic E-state index is 12.4. The van der Waals surface area contributed by atoms with Gasteiger partial charge in [0, 0.05) is 18.0 Å². The van der Waals surface area contributed by atoms with Crippen molar-refractivity contribution in [1.82, 2.24) is 0 Å². The Kier molecular flexibility index (Phi) is 3.72. The maximum atomic E-state index is 12.4. The largest absolute Gasteiger partial charge is 0.454 e. The molecule has 0 radical (unpaired) electrons. The van der Waals surface area contributed by atoms with Gasteiger partial charge < -0.3 is 0 Å². The molecule has 0 amide bonds. The van der Waals surface area contributed by atoms with Crippen LogP contribution in [0.5, 0.6) is 0 Å². The van der Waals surface area contributed by atoms with Crippen molar-refractivity contribution in [1.29, 1.82) is 0 Å². The van der Waals surface area contributed by atoms with Crippen molar-refractivity contribution in [3.63, 3.8) is 0 Å². The van der Waals surface area contributed by atoms with Gasteiger partial charge in [-0.2, -0.15) is 13.2 Å². The topological polar surface area (TPSA) is 29.4 Å². The van der Waals surface area contributed by atoms with Gasteiger partial charge in [-0.1, -0.05) is 42.0 Å². The standard InChI is InChI=1S/C17H14F3NO/c18-17(19,20)16(22)12-7-5-11(6-8-12)15-9-13-3-1-2-4-14(13)10-21-15/h2,4-9,14H,1,3,10H2. The Morgan fingerprint density at radius 1 is 1.18 bits per heavy atom. The van der Waals surface area contributed by atoms with E-state index in [2.05, 4.69) is 17.1 Å². The molecule has 1 atom stereocenters. The number of ketones is 1. The van der Waals surface area contributed by atoms with Gasteiger partial charge in [0.05, 0.1) is 5.71 Å². The molecule has 2 aliphatic rings. The number of halogens is 3. The average Bonchev–Trinajstić information content (AvgIpc) is 2.53. The lowest BCUT2D eigenvalue weighted by Gasteiger charge is -2.23. The SMILES string of the molecule is O=C(c1ccc(C2=NCC3C=CCCC3=C2)cc1)C(F)(F)F. The lowest BCUT2D eigenvalue weighted by Crippen LogP contribution is -2.22. The zero-order chi connectivity index (χ0) is 15.7. The molecule has 0 spiro atoms. The lowest BCUT2D eigenvalue weighted by molar-refractivity contribution is -0.0885. The van der Waals surface area contributed by atoms with Gasteiger partial charge in [-0.15, -0.1) is 0 Å². The van der Waals surface area contributed by atoms with Crippen LogP contribution in [-0.4, -0.2) is 24.2 Å². The third-order valence-electron chi connectivity index (χ3n) is 3.93. The molecule has 5 heteroatoms. The number of carbonyl (C=O) groups is 1. The molecule has 1 aromatic carbocycles. The van der Waals surface area contributed by atoms with Gasteiger partial charge in [0.2, 0.25) is 0 Å². The number of aliphatic imine (C=N–C) groups is 1. The van der Waals surface area contributed by atoms with E-state index in [0.717, 1.165) is 24.1 Å². The molecule has 1 unspecified atom stereocenters. The number of alkyl halides is 3. The van der Waals surface area contributed by atoms with Crippen LogP contribution in [0.4, 0.5) is 13.2 Å². The van der Waals surface area contributed by atoms with Crippen molar-refractivity contribution in [3.8, 4) is 0 Å². The molecule has 22 heavy (non-hydrogen) atoms. The molecule has 0 bridgehead atoms. The van der Waals surface area contributed by atoms with E-state index in [4.69, 9.17) is 0 Å². The third kappa shape index (κ3) is 2.89. The monoisotopic (exact) mass is 305 g/mol. The van der Waals surface area contributed by atoms with E-state index in [1.165, 1.54) is 29.8 Å². The van der Waals surface area contributed by atoms with Gasteiger partial charge >= 0.3 is 6.18 Å². The maximum Gasteiger partial charge on any atom is 0.454 e. The zero-order valence-electron chi connectivity index (χ0n) is 11.7. The van der Waals surface area contributed by atoms with E-state index in [1.54, 1.807) is 0 Å². The van der Waals surface area contributed by atoms with Crippen LogP contribution < -0.4 is 0 Å². The number of rotatable bonds is 2. The van der Waals surface area contributed by atoms with Gasteiger partial charge in [0.1, 0.15) is 0 Å². The molecule has 114 valence electrons. The molecule has 1 aliphatic heterocycles. The van der Waals surface area contributed by atoms with Crippen LogP contribution in [0.3, 0.4) is 0 Å². The fourth-order valence-corrected chi connectivity index (χ4v) is 2.73. The number of benzene rings is 1. The van der Waals surface area contributed by atoms with Crippen molar-refractivity contribution in [2.24, 2.45) is 10.9 Å². The van der Waals surface area contributed by atoms with Gasteiger partial charge in [-0.3, -0.25) is 9.79 Å². The van der Waals surface area contributed by atoms with Crippen LogP contribution in [0.25, 0.3) is 0 Å². The number of hydrogen-bond acceptors (Lipinski definition) is 2. The number of hydrogen-bond donors (Lipinski definition) is 0. The summed E-state index contributed by atoms with van der Waals surface area (Å²) in [5.74, 6) is -1.47. The summed E-state index contributed by atoms with van der Waals surface area (Å²) in [7, 11) is 0.